The molecule has 1 fully saturated rings. The van der Waals surface area contributed by atoms with Crippen LogP contribution < -0.4 is 10.9 Å². The molecule has 1 aliphatic carbocycles. The van der Waals surface area contributed by atoms with Gasteiger partial charge in [-0.15, -0.1) is 0 Å². The molecule has 5 heteroatoms. The summed E-state index contributed by atoms with van der Waals surface area (Å²) in [5.41, 5.74) is 0.203. The van der Waals surface area contributed by atoms with Gasteiger partial charge >= 0.3 is 0 Å². The van der Waals surface area contributed by atoms with Gasteiger partial charge in [-0.25, -0.2) is 4.68 Å². The molecule has 0 bridgehead atoms. The molecular weight excluding hydrogens is 302 g/mol. The largest absolute Gasteiger partial charge is 0.348 e. The predicted molar refractivity (Wildman–Crippen MR) is 95.3 cm³/mol. The third-order valence-corrected chi connectivity index (χ3v) is 4.72. The monoisotopic (exact) mass is 327 g/mol. The first-order chi connectivity index (χ1) is 11.6. The van der Waals surface area contributed by atoms with Crippen LogP contribution in [0.3, 0.4) is 0 Å². The highest BCUT2D eigenvalue weighted by atomic mass is 16.2. The van der Waals surface area contributed by atoms with Crippen molar-refractivity contribution < 1.29 is 4.79 Å². The van der Waals surface area contributed by atoms with E-state index in [4.69, 9.17) is 0 Å². The molecule has 1 aromatic heterocycles. The molecule has 1 heterocycles. The summed E-state index contributed by atoms with van der Waals surface area (Å²) >= 11 is 0. The third kappa shape index (κ3) is 3.35. The molecule has 1 saturated carbocycles. The van der Waals surface area contributed by atoms with Crippen molar-refractivity contribution in [3.05, 3.63) is 40.3 Å². The van der Waals surface area contributed by atoms with Crippen molar-refractivity contribution >= 4 is 16.7 Å². The molecule has 2 aromatic rings. The van der Waals surface area contributed by atoms with Crippen LogP contribution in [0, 0.1) is 0 Å². The highest BCUT2D eigenvalue weighted by Crippen LogP contribution is 2.19. The molecule has 128 valence electrons. The van der Waals surface area contributed by atoms with E-state index in [0.717, 1.165) is 25.7 Å². The zero-order valence-corrected chi connectivity index (χ0v) is 14.4. The Morgan fingerprint density at radius 2 is 1.75 bits per heavy atom. The maximum atomic E-state index is 12.8. The zero-order chi connectivity index (χ0) is 17.1. The molecule has 5 nitrogen and oxygen atoms in total. The zero-order valence-electron chi connectivity index (χ0n) is 14.4. The summed E-state index contributed by atoms with van der Waals surface area (Å²) in [5, 5.41) is 8.70. The molecule has 1 amide bonds. The fraction of sp³-hybridized carbons (Fsp3) is 0.526. The normalized spacial score (nSPS) is 16.3. The van der Waals surface area contributed by atoms with Crippen LogP contribution >= 0.6 is 0 Å². The molecule has 0 radical (unpaired) electrons. The Balaban J connectivity index is 1.99. The van der Waals surface area contributed by atoms with Crippen LogP contribution in [-0.2, 0) is 0 Å². The number of nitrogens with one attached hydrogen (secondary N) is 1. The molecule has 1 aliphatic rings. The first-order valence-electron chi connectivity index (χ1n) is 8.90. The minimum absolute atomic E-state index is 0.0912. The smallest absolute Gasteiger partial charge is 0.274 e. The van der Waals surface area contributed by atoms with E-state index in [1.807, 2.05) is 26.0 Å². The predicted octanol–water partition coefficient (Wildman–Crippen LogP) is 3.43. The molecule has 1 aromatic carbocycles. The van der Waals surface area contributed by atoms with E-state index in [2.05, 4.69) is 10.4 Å². The molecule has 0 aliphatic heterocycles. The standard InChI is InChI=1S/C19H25N3O2/c1-13(2)22-19(24)16-12-8-7-11-15(16)17(21-22)18(23)20-14-9-5-3-4-6-10-14/h7-8,11-14H,3-6,9-10H2,1-2H3,(H,20,23). The van der Waals surface area contributed by atoms with Gasteiger partial charge in [0.2, 0.25) is 0 Å². The summed E-state index contributed by atoms with van der Waals surface area (Å²) in [4.78, 5) is 25.4. The van der Waals surface area contributed by atoms with Crippen LogP contribution in [0.5, 0.6) is 0 Å². The summed E-state index contributed by atoms with van der Waals surface area (Å²) < 4.78 is 1.41. The highest BCUT2D eigenvalue weighted by molar-refractivity contribution is 6.04. The summed E-state index contributed by atoms with van der Waals surface area (Å²) in [6, 6.07) is 7.34. The minimum atomic E-state index is -0.174. The molecular formula is C19H25N3O2. The number of carbonyl (C=O) groups excluding carboxylic acids is 1. The van der Waals surface area contributed by atoms with Crippen LogP contribution in [0.25, 0.3) is 10.8 Å². The number of carbonyl (C=O) groups is 1. The van der Waals surface area contributed by atoms with E-state index in [1.54, 1.807) is 12.1 Å². The van der Waals surface area contributed by atoms with Gasteiger partial charge in [-0.2, -0.15) is 5.10 Å². The van der Waals surface area contributed by atoms with Crippen molar-refractivity contribution in [2.24, 2.45) is 0 Å². The summed E-state index contributed by atoms with van der Waals surface area (Å²) in [5.74, 6) is -0.174. The van der Waals surface area contributed by atoms with Gasteiger partial charge in [0, 0.05) is 11.4 Å². The van der Waals surface area contributed by atoms with Crippen molar-refractivity contribution in [1.82, 2.24) is 15.1 Å². The van der Waals surface area contributed by atoms with E-state index in [1.165, 1.54) is 17.5 Å². The second kappa shape index (κ2) is 7.16. The van der Waals surface area contributed by atoms with Gasteiger partial charge in [0.1, 0.15) is 0 Å². The lowest BCUT2D eigenvalue weighted by molar-refractivity contribution is 0.0927. The van der Waals surface area contributed by atoms with Crippen LogP contribution in [0.2, 0.25) is 0 Å². The molecule has 1 N–H and O–H groups in total. The Kier molecular flexibility index (Phi) is 4.97. The third-order valence-electron chi connectivity index (χ3n) is 4.72. The fourth-order valence-corrected chi connectivity index (χ4v) is 3.40. The van der Waals surface area contributed by atoms with E-state index in [0.29, 0.717) is 16.5 Å². The molecule has 0 spiro atoms. The Morgan fingerprint density at radius 3 is 2.38 bits per heavy atom. The van der Waals surface area contributed by atoms with Crippen molar-refractivity contribution in [2.45, 2.75) is 64.5 Å². The van der Waals surface area contributed by atoms with Crippen LogP contribution in [0.4, 0.5) is 0 Å². The lowest BCUT2D eigenvalue weighted by Gasteiger charge is -2.18. The lowest BCUT2D eigenvalue weighted by Crippen LogP contribution is -2.37. The number of hydrogen-bond acceptors (Lipinski definition) is 3. The van der Waals surface area contributed by atoms with Gasteiger partial charge in [-0.3, -0.25) is 9.59 Å². The topological polar surface area (TPSA) is 64.0 Å². The highest BCUT2D eigenvalue weighted by Gasteiger charge is 2.21. The number of nitrogens with zero attached hydrogens (tertiary/aromatic N) is 2. The summed E-state index contributed by atoms with van der Waals surface area (Å²) in [6.07, 6.45) is 6.84. The van der Waals surface area contributed by atoms with E-state index in [-0.39, 0.29) is 23.6 Å². The average Bonchev–Trinajstić information content (AvgIpc) is 2.83. The molecule has 3 rings (SSSR count). The number of rotatable bonds is 3. The first-order valence-corrected chi connectivity index (χ1v) is 8.90. The Labute approximate surface area is 142 Å². The maximum Gasteiger partial charge on any atom is 0.274 e. The van der Waals surface area contributed by atoms with Crippen LogP contribution in [-0.4, -0.2) is 21.7 Å². The van der Waals surface area contributed by atoms with Gasteiger partial charge < -0.3 is 5.32 Å². The van der Waals surface area contributed by atoms with Crippen molar-refractivity contribution in [3.63, 3.8) is 0 Å². The van der Waals surface area contributed by atoms with Gasteiger partial charge in [0.25, 0.3) is 11.5 Å². The lowest BCUT2D eigenvalue weighted by atomic mass is 10.1. The number of hydrogen-bond donors (Lipinski definition) is 1. The summed E-state index contributed by atoms with van der Waals surface area (Å²) in [7, 11) is 0. The molecule has 0 atom stereocenters. The summed E-state index contributed by atoms with van der Waals surface area (Å²) in [6.45, 7) is 3.80. The van der Waals surface area contributed by atoms with Gasteiger partial charge in [0.15, 0.2) is 5.69 Å². The van der Waals surface area contributed by atoms with E-state index in [9.17, 15) is 9.59 Å². The Hall–Kier alpha value is -2.17. The number of benzene rings is 1. The van der Waals surface area contributed by atoms with Crippen molar-refractivity contribution in [1.29, 1.82) is 0 Å². The second-order valence-corrected chi connectivity index (χ2v) is 6.90. The maximum absolute atomic E-state index is 12.8. The number of fused-ring (bicyclic) bond motifs is 1. The van der Waals surface area contributed by atoms with Gasteiger partial charge in [-0.1, -0.05) is 43.9 Å². The second-order valence-electron chi connectivity index (χ2n) is 6.90. The Bertz CT molecular complexity index is 787. The van der Waals surface area contributed by atoms with Crippen LogP contribution in [0.1, 0.15) is 68.9 Å². The minimum Gasteiger partial charge on any atom is -0.348 e. The fourth-order valence-electron chi connectivity index (χ4n) is 3.40. The van der Waals surface area contributed by atoms with Crippen LogP contribution in [0.15, 0.2) is 29.1 Å². The molecule has 24 heavy (non-hydrogen) atoms. The molecule has 0 unspecified atom stereocenters. The Morgan fingerprint density at radius 1 is 1.12 bits per heavy atom. The quantitative estimate of drug-likeness (QED) is 0.879. The first kappa shape index (κ1) is 16.7. The van der Waals surface area contributed by atoms with E-state index < -0.39 is 0 Å². The molecule has 0 saturated heterocycles. The SMILES string of the molecule is CC(C)n1nc(C(=O)NC2CCCCCC2)c2ccccc2c1=O. The van der Waals surface area contributed by atoms with Crippen molar-refractivity contribution in [3.8, 4) is 0 Å². The van der Waals surface area contributed by atoms with Gasteiger partial charge in [0.05, 0.1) is 11.4 Å². The number of aromatic nitrogens is 2. The van der Waals surface area contributed by atoms with E-state index >= 15 is 0 Å². The average molecular weight is 327 g/mol. The van der Waals surface area contributed by atoms with Gasteiger partial charge in [-0.05, 0) is 32.8 Å². The number of amides is 1. The van der Waals surface area contributed by atoms with Crippen molar-refractivity contribution in [2.75, 3.05) is 0 Å².